The molecule has 0 aliphatic heterocycles. The maximum atomic E-state index is 9.87. The molecule has 1 aliphatic rings. The van der Waals surface area contributed by atoms with Gasteiger partial charge in [-0.1, -0.05) is 39.5 Å². The van der Waals surface area contributed by atoms with Crippen molar-refractivity contribution in [3.63, 3.8) is 0 Å². The number of nitrogens with one attached hydrogen (secondary N) is 1. The smallest absolute Gasteiger partial charge is 0.0693 e. The predicted molar refractivity (Wildman–Crippen MR) is 69.5 cm³/mol. The molecule has 2 N–H and O–H groups in total. The highest BCUT2D eigenvalue weighted by Gasteiger charge is 2.23. The van der Waals surface area contributed by atoms with Gasteiger partial charge in [0.1, 0.15) is 0 Å². The van der Waals surface area contributed by atoms with Gasteiger partial charge in [-0.25, -0.2) is 0 Å². The fourth-order valence-electron chi connectivity index (χ4n) is 2.59. The van der Waals surface area contributed by atoms with Crippen LogP contribution in [0.15, 0.2) is 0 Å². The van der Waals surface area contributed by atoms with Gasteiger partial charge in [0.15, 0.2) is 0 Å². The summed E-state index contributed by atoms with van der Waals surface area (Å²) in [7, 11) is 0. The second kappa shape index (κ2) is 7.29. The summed E-state index contributed by atoms with van der Waals surface area (Å²) in [6.45, 7) is 6.81. The number of hydrogen-bond acceptors (Lipinski definition) is 2. The Bertz CT molecular complexity index is 182. The van der Waals surface area contributed by atoms with Crippen LogP contribution in [0.3, 0.4) is 0 Å². The fraction of sp³-hybridized carbons (Fsp3) is 1.00. The van der Waals surface area contributed by atoms with E-state index in [2.05, 4.69) is 26.1 Å². The first kappa shape index (κ1) is 14.0. The summed E-state index contributed by atoms with van der Waals surface area (Å²) in [6, 6.07) is 0.902. The van der Waals surface area contributed by atoms with Crippen LogP contribution in [-0.2, 0) is 0 Å². The Morgan fingerprint density at radius 3 is 2.44 bits per heavy atom. The molecule has 96 valence electrons. The summed E-state index contributed by atoms with van der Waals surface area (Å²) in [5, 5.41) is 13.5. The van der Waals surface area contributed by atoms with E-state index < -0.39 is 0 Å². The Morgan fingerprint density at radius 1 is 1.12 bits per heavy atom. The molecular weight excluding hydrogens is 198 g/mol. The van der Waals surface area contributed by atoms with Crippen molar-refractivity contribution in [3.05, 3.63) is 0 Å². The molecule has 1 rings (SSSR count). The quantitative estimate of drug-likeness (QED) is 0.731. The molecule has 1 aliphatic carbocycles. The van der Waals surface area contributed by atoms with Crippen LogP contribution in [0.5, 0.6) is 0 Å². The highest BCUT2D eigenvalue weighted by atomic mass is 16.3. The van der Waals surface area contributed by atoms with Crippen molar-refractivity contribution in [1.82, 2.24) is 5.32 Å². The lowest BCUT2D eigenvalue weighted by Crippen LogP contribution is -2.46. The molecular formula is C14H29NO. The lowest BCUT2D eigenvalue weighted by atomic mass is 9.91. The van der Waals surface area contributed by atoms with Gasteiger partial charge in [0, 0.05) is 12.1 Å². The van der Waals surface area contributed by atoms with E-state index in [1.165, 1.54) is 32.1 Å². The van der Waals surface area contributed by atoms with Crippen LogP contribution >= 0.6 is 0 Å². The maximum Gasteiger partial charge on any atom is 0.0693 e. The van der Waals surface area contributed by atoms with Crippen LogP contribution in [0.25, 0.3) is 0 Å². The highest BCUT2D eigenvalue weighted by molar-refractivity contribution is 4.82. The molecule has 0 bridgehead atoms. The Balaban J connectivity index is 2.14. The lowest BCUT2D eigenvalue weighted by Gasteiger charge is -2.31. The zero-order chi connectivity index (χ0) is 12.0. The van der Waals surface area contributed by atoms with Gasteiger partial charge < -0.3 is 10.4 Å². The Kier molecular flexibility index (Phi) is 6.37. The molecule has 0 saturated heterocycles. The van der Waals surface area contributed by atoms with Crippen LogP contribution in [0.4, 0.5) is 0 Å². The zero-order valence-corrected chi connectivity index (χ0v) is 11.2. The standard InChI is InChI=1S/C14H29NO/c1-11(2)7-6-8-12(3)15-13-9-4-5-10-14(13)16/h11-16H,4-10H2,1-3H3/t12?,13-,14-/m0/s1. The monoisotopic (exact) mass is 227 g/mol. The van der Waals surface area contributed by atoms with Crippen LogP contribution in [-0.4, -0.2) is 23.3 Å². The van der Waals surface area contributed by atoms with Crippen molar-refractivity contribution >= 4 is 0 Å². The van der Waals surface area contributed by atoms with Crippen molar-refractivity contribution in [1.29, 1.82) is 0 Å². The number of rotatable bonds is 6. The van der Waals surface area contributed by atoms with Gasteiger partial charge in [-0.2, -0.15) is 0 Å². The third kappa shape index (κ3) is 5.31. The molecule has 3 atom stereocenters. The second-order valence-corrected chi connectivity index (χ2v) is 5.85. The third-order valence-electron chi connectivity index (χ3n) is 3.65. The SMILES string of the molecule is CC(C)CCCC(C)N[C@H]1CCCC[C@@H]1O. The first-order valence-electron chi connectivity index (χ1n) is 7.03. The predicted octanol–water partition coefficient (Wildman–Crippen LogP) is 3.09. The molecule has 0 radical (unpaired) electrons. The minimum atomic E-state index is -0.110. The molecule has 2 nitrogen and oxygen atoms in total. The summed E-state index contributed by atoms with van der Waals surface area (Å²) in [6.07, 6.45) is 8.34. The van der Waals surface area contributed by atoms with Crippen molar-refractivity contribution in [2.45, 2.75) is 83.9 Å². The molecule has 0 aromatic heterocycles. The van der Waals surface area contributed by atoms with Crippen LogP contribution in [0, 0.1) is 5.92 Å². The van der Waals surface area contributed by atoms with Crippen molar-refractivity contribution in [2.24, 2.45) is 5.92 Å². The first-order chi connectivity index (χ1) is 7.59. The van der Waals surface area contributed by atoms with Gasteiger partial charge in [-0.05, 0) is 32.1 Å². The van der Waals surface area contributed by atoms with Crippen LogP contribution in [0.2, 0.25) is 0 Å². The van der Waals surface area contributed by atoms with Gasteiger partial charge in [0.2, 0.25) is 0 Å². The van der Waals surface area contributed by atoms with Gasteiger partial charge in [-0.15, -0.1) is 0 Å². The van der Waals surface area contributed by atoms with E-state index in [0.29, 0.717) is 12.1 Å². The molecule has 0 aromatic carbocycles. The molecule has 1 saturated carbocycles. The lowest BCUT2D eigenvalue weighted by molar-refractivity contribution is 0.0851. The van der Waals surface area contributed by atoms with E-state index in [9.17, 15) is 5.11 Å². The molecule has 0 spiro atoms. The van der Waals surface area contributed by atoms with Gasteiger partial charge in [0.05, 0.1) is 6.10 Å². The van der Waals surface area contributed by atoms with Crippen molar-refractivity contribution in [2.75, 3.05) is 0 Å². The van der Waals surface area contributed by atoms with Crippen LogP contribution in [0.1, 0.15) is 65.7 Å². The summed E-state index contributed by atoms with van der Waals surface area (Å²) < 4.78 is 0. The second-order valence-electron chi connectivity index (χ2n) is 5.85. The first-order valence-corrected chi connectivity index (χ1v) is 7.03. The highest BCUT2D eigenvalue weighted by Crippen LogP contribution is 2.19. The summed E-state index contributed by atoms with van der Waals surface area (Å²) in [4.78, 5) is 0. The summed E-state index contributed by atoms with van der Waals surface area (Å²) in [5.74, 6) is 0.812. The molecule has 0 heterocycles. The number of aliphatic hydroxyl groups excluding tert-OH is 1. The molecule has 16 heavy (non-hydrogen) atoms. The number of hydrogen-bond donors (Lipinski definition) is 2. The third-order valence-corrected chi connectivity index (χ3v) is 3.65. The van der Waals surface area contributed by atoms with Crippen molar-refractivity contribution in [3.8, 4) is 0 Å². The summed E-state index contributed by atoms with van der Waals surface area (Å²) >= 11 is 0. The van der Waals surface area contributed by atoms with E-state index >= 15 is 0 Å². The van der Waals surface area contributed by atoms with E-state index in [-0.39, 0.29) is 6.10 Å². The fourth-order valence-corrected chi connectivity index (χ4v) is 2.59. The largest absolute Gasteiger partial charge is 0.392 e. The molecule has 2 heteroatoms. The zero-order valence-electron chi connectivity index (χ0n) is 11.2. The van der Waals surface area contributed by atoms with Crippen LogP contribution < -0.4 is 5.32 Å². The average Bonchev–Trinajstić information content (AvgIpc) is 2.21. The van der Waals surface area contributed by atoms with Gasteiger partial charge in [0.25, 0.3) is 0 Å². The molecule has 1 fully saturated rings. The van der Waals surface area contributed by atoms with E-state index in [1.807, 2.05) is 0 Å². The van der Waals surface area contributed by atoms with Crippen molar-refractivity contribution < 1.29 is 5.11 Å². The molecule has 1 unspecified atom stereocenters. The Morgan fingerprint density at radius 2 is 1.81 bits per heavy atom. The normalized spacial score (nSPS) is 28.3. The Labute approximate surface area is 101 Å². The Hall–Kier alpha value is -0.0800. The topological polar surface area (TPSA) is 32.3 Å². The van der Waals surface area contributed by atoms with E-state index in [4.69, 9.17) is 0 Å². The molecule has 0 aromatic rings. The van der Waals surface area contributed by atoms with Gasteiger partial charge in [-0.3, -0.25) is 0 Å². The maximum absolute atomic E-state index is 9.87. The minimum absolute atomic E-state index is 0.110. The summed E-state index contributed by atoms with van der Waals surface area (Å²) in [5.41, 5.74) is 0. The number of aliphatic hydroxyl groups is 1. The van der Waals surface area contributed by atoms with Gasteiger partial charge >= 0.3 is 0 Å². The molecule has 0 amide bonds. The average molecular weight is 227 g/mol. The van der Waals surface area contributed by atoms with E-state index in [0.717, 1.165) is 18.8 Å². The van der Waals surface area contributed by atoms with E-state index in [1.54, 1.807) is 0 Å². The minimum Gasteiger partial charge on any atom is -0.392 e.